The third kappa shape index (κ3) is 4.58. The molecule has 5 nitrogen and oxygen atoms in total. The molecular formula is C15H19Cl2N3O2. The zero-order chi connectivity index (χ0) is 16.1. The average molecular weight is 344 g/mol. The van der Waals surface area contributed by atoms with Crippen molar-refractivity contribution in [2.45, 2.75) is 44.6 Å². The Bertz CT molecular complexity index is 560. The molecule has 22 heavy (non-hydrogen) atoms. The standard InChI is InChI=1S/C15H19Cl2N3O2/c1-20(10-5-3-2-4-6-10)14(22)9-13(21)18-11-7-8-12(16)19-15(11)17/h7-8,10H,2-6,9H2,1H3,(H,18,21). The van der Waals surface area contributed by atoms with Crippen molar-refractivity contribution in [1.29, 1.82) is 0 Å². The average Bonchev–Trinajstić information content (AvgIpc) is 2.50. The van der Waals surface area contributed by atoms with E-state index in [0.717, 1.165) is 25.7 Å². The number of carbonyl (C=O) groups excluding carboxylic acids is 2. The summed E-state index contributed by atoms with van der Waals surface area (Å²) < 4.78 is 0. The highest BCUT2D eigenvalue weighted by Gasteiger charge is 2.23. The lowest BCUT2D eigenvalue weighted by atomic mass is 9.94. The fourth-order valence-corrected chi connectivity index (χ4v) is 3.03. The molecule has 0 bridgehead atoms. The fourth-order valence-electron chi connectivity index (χ4n) is 2.63. The first kappa shape index (κ1) is 17.0. The molecule has 2 rings (SSSR count). The molecule has 0 spiro atoms. The highest BCUT2D eigenvalue weighted by molar-refractivity contribution is 6.34. The van der Waals surface area contributed by atoms with Crippen molar-refractivity contribution in [3.8, 4) is 0 Å². The molecule has 0 aromatic carbocycles. The van der Waals surface area contributed by atoms with E-state index in [2.05, 4.69) is 10.3 Å². The monoisotopic (exact) mass is 343 g/mol. The van der Waals surface area contributed by atoms with Gasteiger partial charge in [-0.1, -0.05) is 42.5 Å². The Labute approximate surface area is 140 Å². The van der Waals surface area contributed by atoms with E-state index in [9.17, 15) is 9.59 Å². The number of carbonyl (C=O) groups is 2. The van der Waals surface area contributed by atoms with Gasteiger partial charge in [0.15, 0.2) is 5.15 Å². The number of nitrogens with one attached hydrogen (secondary N) is 1. The van der Waals surface area contributed by atoms with Crippen molar-refractivity contribution in [2.75, 3.05) is 12.4 Å². The van der Waals surface area contributed by atoms with Crippen LogP contribution in [-0.2, 0) is 9.59 Å². The molecule has 0 radical (unpaired) electrons. The summed E-state index contributed by atoms with van der Waals surface area (Å²) in [7, 11) is 1.77. The van der Waals surface area contributed by atoms with Crippen LogP contribution in [-0.4, -0.2) is 34.8 Å². The van der Waals surface area contributed by atoms with Crippen LogP contribution in [0.15, 0.2) is 12.1 Å². The number of rotatable bonds is 4. The molecule has 1 N–H and O–H groups in total. The molecular weight excluding hydrogens is 325 g/mol. The summed E-state index contributed by atoms with van der Waals surface area (Å²) in [6.07, 6.45) is 5.32. The molecule has 1 aromatic heterocycles. The summed E-state index contributed by atoms with van der Waals surface area (Å²) in [6.45, 7) is 0. The number of hydrogen-bond donors (Lipinski definition) is 1. The summed E-state index contributed by atoms with van der Waals surface area (Å²) in [5, 5.41) is 2.94. The minimum atomic E-state index is -0.404. The van der Waals surface area contributed by atoms with Gasteiger partial charge in [-0.25, -0.2) is 4.98 Å². The van der Waals surface area contributed by atoms with Gasteiger partial charge in [0.1, 0.15) is 11.6 Å². The molecule has 1 aliphatic carbocycles. The molecule has 1 saturated carbocycles. The number of pyridine rings is 1. The van der Waals surface area contributed by atoms with Crippen LogP contribution >= 0.6 is 23.2 Å². The third-order valence-corrected chi connectivity index (χ3v) is 4.42. The van der Waals surface area contributed by atoms with E-state index in [1.165, 1.54) is 12.5 Å². The predicted octanol–water partition coefficient (Wildman–Crippen LogP) is 3.51. The zero-order valence-electron chi connectivity index (χ0n) is 12.4. The van der Waals surface area contributed by atoms with Crippen LogP contribution in [0.4, 0.5) is 5.69 Å². The van der Waals surface area contributed by atoms with Crippen LogP contribution in [0.5, 0.6) is 0 Å². The number of amides is 2. The van der Waals surface area contributed by atoms with Gasteiger partial charge in [0.05, 0.1) is 5.69 Å². The molecule has 0 aliphatic heterocycles. The number of halogens is 2. The molecule has 120 valence electrons. The minimum Gasteiger partial charge on any atom is -0.342 e. The first-order valence-electron chi connectivity index (χ1n) is 7.35. The van der Waals surface area contributed by atoms with Gasteiger partial charge in [0.2, 0.25) is 11.8 Å². The predicted molar refractivity (Wildman–Crippen MR) is 87.1 cm³/mol. The lowest BCUT2D eigenvalue weighted by Crippen LogP contribution is -2.39. The second kappa shape index (κ2) is 7.79. The Balaban J connectivity index is 1.89. The summed E-state index contributed by atoms with van der Waals surface area (Å²) in [6, 6.07) is 3.33. The Morgan fingerprint density at radius 1 is 1.27 bits per heavy atom. The van der Waals surface area contributed by atoms with Crippen molar-refractivity contribution >= 4 is 40.7 Å². The second-order valence-corrected chi connectivity index (χ2v) is 6.24. The molecule has 2 amide bonds. The van der Waals surface area contributed by atoms with Crippen LogP contribution in [0.25, 0.3) is 0 Å². The molecule has 7 heteroatoms. The summed E-state index contributed by atoms with van der Waals surface area (Å²) in [5.74, 6) is -0.582. The van der Waals surface area contributed by atoms with Gasteiger partial charge in [-0.2, -0.15) is 0 Å². The maximum absolute atomic E-state index is 12.2. The highest BCUT2D eigenvalue weighted by atomic mass is 35.5. The van der Waals surface area contributed by atoms with Crippen molar-refractivity contribution in [2.24, 2.45) is 0 Å². The first-order valence-corrected chi connectivity index (χ1v) is 8.10. The highest BCUT2D eigenvalue weighted by Crippen LogP contribution is 2.23. The molecule has 0 unspecified atom stereocenters. The fraction of sp³-hybridized carbons (Fsp3) is 0.533. The Morgan fingerprint density at radius 2 is 1.95 bits per heavy atom. The van der Waals surface area contributed by atoms with Crippen molar-refractivity contribution in [1.82, 2.24) is 9.88 Å². The van der Waals surface area contributed by atoms with E-state index in [1.54, 1.807) is 18.0 Å². The molecule has 0 atom stereocenters. The third-order valence-electron chi connectivity index (χ3n) is 3.92. The zero-order valence-corrected chi connectivity index (χ0v) is 14.0. The van der Waals surface area contributed by atoms with Gasteiger partial charge in [0, 0.05) is 13.1 Å². The van der Waals surface area contributed by atoms with Crippen molar-refractivity contribution in [3.63, 3.8) is 0 Å². The van der Waals surface area contributed by atoms with Gasteiger partial charge >= 0.3 is 0 Å². The van der Waals surface area contributed by atoms with Gasteiger partial charge in [-0.3, -0.25) is 9.59 Å². The van der Waals surface area contributed by atoms with Crippen LogP contribution in [0.3, 0.4) is 0 Å². The topological polar surface area (TPSA) is 62.3 Å². The van der Waals surface area contributed by atoms with Crippen LogP contribution in [0.1, 0.15) is 38.5 Å². The van der Waals surface area contributed by atoms with Crippen molar-refractivity contribution < 1.29 is 9.59 Å². The molecule has 1 fully saturated rings. The number of anilines is 1. The van der Waals surface area contributed by atoms with E-state index >= 15 is 0 Å². The lowest BCUT2D eigenvalue weighted by molar-refractivity contribution is -0.135. The SMILES string of the molecule is CN(C(=O)CC(=O)Nc1ccc(Cl)nc1Cl)C1CCCCC1. The Hall–Kier alpha value is -1.33. The summed E-state index contributed by atoms with van der Waals surface area (Å²) >= 11 is 11.6. The van der Waals surface area contributed by atoms with Gasteiger partial charge in [0.25, 0.3) is 0 Å². The minimum absolute atomic E-state index is 0.105. The first-order chi connectivity index (χ1) is 10.5. The molecule has 1 aromatic rings. The normalized spacial score (nSPS) is 15.4. The maximum atomic E-state index is 12.2. The summed E-state index contributed by atoms with van der Waals surface area (Å²) in [5.41, 5.74) is 0.351. The van der Waals surface area contributed by atoms with E-state index in [1.807, 2.05) is 0 Å². The van der Waals surface area contributed by atoms with Gasteiger partial charge in [-0.05, 0) is 25.0 Å². The van der Waals surface area contributed by atoms with Crippen LogP contribution in [0.2, 0.25) is 10.3 Å². The van der Waals surface area contributed by atoms with E-state index in [-0.39, 0.29) is 28.7 Å². The van der Waals surface area contributed by atoms with Gasteiger partial charge in [-0.15, -0.1) is 0 Å². The maximum Gasteiger partial charge on any atom is 0.233 e. The Morgan fingerprint density at radius 3 is 2.59 bits per heavy atom. The quantitative estimate of drug-likeness (QED) is 0.672. The van der Waals surface area contributed by atoms with Gasteiger partial charge < -0.3 is 10.2 Å². The number of nitrogens with zero attached hydrogens (tertiary/aromatic N) is 2. The largest absolute Gasteiger partial charge is 0.342 e. The van der Waals surface area contributed by atoms with Crippen LogP contribution in [0, 0.1) is 0 Å². The van der Waals surface area contributed by atoms with E-state index in [4.69, 9.17) is 23.2 Å². The van der Waals surface area contributed by atoms with Crippen molar-refractivity contribution in [3.05, 3.63) is 22.4 Å². The molecule has 0 saturated heterocycles. The molecule has 1 heterocycles. The number of hydrogen-bond acceptors (Lipinski definition) is 3. The Kier molecular flexibility index (Phi) is 6.03. The summed E-state index contributed by atoms with van der Waals surface area (Å²) in [4.78, 5) is 29.7. The smallest absolute Gasteiger partial charge is 0.233 e. The second-order valence-electron chi connectivity index (χ2n) is 5.49. The lowest BCUT2D eigenvalue weighted by Gasteiger charge is -2.31. The number of aromatic nitrogens is 1. The van der Waals surface area contributed by atoms with E-state index in [0.29, 0.717) is 5.69 Å². The van der Waals surface area contributed by atoms with E-state index < -0.39 is 5.91 Å². The van der Waals surface area contributed by atoms with Crippen LogP contribution < -0.4 is 5.32 Å². The molecule has 1 aliphatic rings.